The standard InChI is InChI=1S/C18H22N4O2/c1-12-11-20(2)18(23)16-15(10-19-17(12)16)22(24)21-9-8-14(21)13-6-4-3-5-7-13/h3-7,11,14-15,19,24H,8-10H2,1-2H3. The van der Waals surface area contributed by atoms with E-state index in [4.69, 9.17) is 0 Å². The van der Waals surface area contributed by atoms with E-state index in [0.717, 1.165) is 24.2 Å². The maximum atomic E-state index is 12.6. The van der Waals surface area contributed by atoms with Crippen molar-refractivity contribution in [3.63, 3.8) is 0 Å². The Morgan fingerprint density at radius 2 is 2.04 bits per heavy atom. The lowest BCUT2D eigenvalue weighted by Gasteiger charge is -2.46. The monoisotopic (exact) mass is 326 g/mol. The van der Waals surface area contributed by atoms with Crippen molar-refractivity contribution >= 4 is 5.69 Å². The van der Waals surface area contributed by atoms with Crippen molar-refractivity contribution in [2.45, 2.75) is 25.4 Å². The summed E-state index contributed by atoms with van der Waals surface area (Å²) in [5.74, 6) is 0. The summed E-state index contributed by atoms with van der Waals surface area (Å²) < 4.78 is 1.59. The van der Waals surface area contributed by atoms with Gasteiger partial charge in [0.1, 0.15) is 6.04 Å². The Hall–Kier alpha value is -2.15. The molecule has 2 unspecified atom stereocenters. The van der Waals surface area contributed by atoms with Crippen molar-refractivity contribution in [2.75, 3.05) is 18.4 Å². The second kappa shape index (κ2) is 5.73. The van der Waals surface area contributed by atoms with Crippen LogP contribution in [0.4, 0.5) is 5.69 Å². The number of aromatic nitrogens is 1. The summed E-state index contributed by atoms with van der Waals surface area (Å²) in [6.07, 6.45) is 2.83. The third-order valence-corrected chi connectivity index (χ3v) is 5.12. The van der Waals surface area contributed by atoms with Gasteiger partial charge in [-0.15, -0.1) is 5.17 Å². The van der Waals surface area contributed by atoms with Gasteiger partial charge in [-0.1, -0.05) is 30.3 Å². The normalized spacial score (nSPS) is 23.0. The minimum absolute atomic E-state index is 0.0542. The molecule has 1 fully saturated rings. The van der Waals surface area contributed by atoms with E-state index >= 15 is 0 Å². The lowest BCUT2D eigenvalue weighted by Crippen LogP contribution is -2.53. The first-order valence-electron chi connectivity index (χ1n) is 8.31. The third-order valence-electron chi connectivity index (χ3n) is 5.12. The number of fused-ring (bicyclic) bond motifs is 1. The lowest BCUT2D eigenvalue weighted by atomic mass is 9.96. The van der Waals surface area contributed by atoms with Gasteiger partial charge >= 0.3 is 0 Å². The molecule has 24 heavy (non-hydrogen) atoms. The summed E-state index contributed by atoms with van der Waals surface area (Å²) in [6, 6.07) is 9.98. The van der Waals surface area contributed by atoms with Gasteiger partial charge in [-0.3, -0.25) is 10.0 Å². The van der Waals surface area contributed by atoms with Gasteiger partial charge < -0.3 is 9.88 Å². The van der Waals surface area contributed by atoms with Crippen LogP contribution in [-0.4, -0.2) is 33.0 Å². The first-order chi connectivity index (χ1) is 11.6. The highest BCUT2D eigenvalue weighted by Crippen LogP contribution is 2.40. The van der Waals surface area contributed by atoms with Crippen molar-refractivity contribution in [1.29, 1.82) is 0 Å². The van der Waals surface area contributed by atoms with Crippen LogP contribution >= 0.6 is 0 Å². The fraction of sp³-hybridized carbons (Fsp3) is 0.389. The van der Waals surface area contributed by atoms with Crippen molar-refractivity contribution < 1.29 is 5.21 Å². The number of nitrogens with one attached hydrogen (secondary N) is 1. The van der Waals surface area contributed by atoms with Gasteiger partial charge in [-0.05, 0) is 24.5 Å². The molecule has 4 rings (SSSR count). The Labute approximate surface area is 140 Å². The number of rotatable bonds is 3. The molecule has 2 aliphatic rings. The van der Waals surface area contributed by atoms with Gasteiger partial charge in [0.2, 0.25) is 0 Å². The maximum absolute atomic E-state index is 12.6. The summed E-state index contributed by atoms with van der Waals surface area (Å²) in [4.78, 5) is 12.6. The zero-order chi connectivity index (χ0) is 16.8. The molecule has 126 valence electrons. The van der Waals surface area contributed by atoms with Crippen molar-refractivity contribution in [3.05, 3.63) is 63.6 Å². The summed E-state index contributed by atoms with van der Waals surface area (Å²) in [7, 11) is 1.75. The smallest absolute Gasteiger partial charge is 0.257 e. The average molecular weight is 326 g/mol. The van der Waals surface area contributed by atoms with Gasteiger partial charge in [0, 0.05) is 32.0 Å². The molecule has 2 N–H and O–H groups in total. The molecule has 0 amide bonds. The van der Waals surface area contributed by atoms with Gasteiger partial charge in [0.15, 0.2) is 0 Å². The molecule has 2 aliphatic heterocycles. The number of pyridine rings is 1. The Kier molecular flexibility index (Phi) is 3.68. The van der Waals surface area contributed by atoms with Crippen LogP contribution in [0.15, 0.2) is 41.3 Å². The van der Waals surface area contributed by atoms with E-state index in [1.54, 1.807) is 11.6 Å². The molecule has 1 aromatic heterocycles. The molecular weight excluding hydrogens is 304 g/mol. The van der Waals surface area contributed by atoms with Gasteiger partial charge in [0.05, 0.1) is 11.6 Å². The largest absolute Gasteiger partial charge is 0.382 e. The van der Waals surface area contributed by atoms with E-state index in [2.05, 4.69) is 17.4 Å². The molecule has 0 saturated carbocycles. The Bertz CT molecular complexity index is 818. The van der Waals surface area contributed by atoms with Gasteiger partial charge in [0.25, 0.3) is 5.56 Å². The quantitative estimate of drug-likeness (QED) is 0.847. The predicted octanol–water partition coefficient (Wildman–Crippen LogP) is 2.21. The second-order valence-corrected chi connectivity index (χ2v) is 6.61. The van der Waals surface area contributed by atoms with Crippen molar-refractivity contribution in [3.8, 4) is 0 Å². The molecule has 6 heteroatoms. The Balaban J connectivity index is 1.64. The molecule has 0 aliphatic carbocycles. The zero-order valence-electron chi connectivity index (χ0n) is 13.9. The van der Waals surface area contributed by atoms with E-state index < -0.39 is 0 Å². The van der Waals surface area contributed by atoms with Crippen LogP contribution in [0.5, 0.6) is 0 Å². The van der Waals surface area contributed by atoms with E-state index in [1.165, 1.54) is 10.7 Å². The first-order valence-corrected chi connectivity index (χ1v) is 8.31. The highest BCUT2D eigenvalue weighted by Gasteiger charge is 2.41. The molecule has 0 radical (unpaired) electrons. The number of aryl methyl sites for hydroxylation is 2. The predicted molar refractivity (Wildman–Crippen MR) is 91.8 cm³/mol. The van der Waals surface area contributed by atoms with Crippen LogP contribution in [-0.2, 0) is 7.05 Å². The van der Waals surface area contributed by atoms with Crippen molar-refractivity contribution in [2.24, 2.45) is 7.05 Å². The molecule has 1 saturated heterocycles. The SMILES string of the molecule is Cc1cn(C)c(=O)c2c1NCC2N(O)N1CCC1c1ccccc1. The molecule has 2 aromatic rings. The van der Waals surface area contributed by atoms with E-state index in [0.29, 0.717) is 12.1 Å². The molecular formula is C18H22N4O2. The number of anilines is 1. The molecule has 0 spiro atoms. The number of nitrogens with zero attached hydrogens (tertiary/aromatic N) is 3. The fourth-order valence-corrected chi connectivity index (χ4v) is 3.78. The number of hydroxylamine groups is 1. The van der Waals surface area contributed by atoms with E-state index in [-0.39, 0.29) is 17.6 Å². The minimum atomic E-state index is -0.356. The van der Waals surface area contributed by atoms with Crippen molar-refractivity contribution in [1.82, 2.24) is 14.7 Å². The molecule has 3 heterocycles. The van der Waals surface area contributed by atoms with E-state index in [1.807, 2.05) is 36.3 Å². The molecule has 1 aromatic carbocycles. The lowest BCUT2D eigenvalue weighted by molar-refractivity contribution is -0.313. The van der Waals surface area contributed by atoms with Crippen LogP contribution in [0.25, 0.3) is 0 Å². The van der Waals surface area contributed by atoms with Crippen LogP contribution < -0.4 is 10.9 Å². The molecule has 6 nitrogen and oxygen atoms in total. The molecule has 0 bridgehead atoms. The summed E-state index contributed by atoms with van der Waals surface area (Å²) in [5, 5.41) is 17.3. The fourth-order valence-electron chi connectivity index (χ4n) is 3.78. The minimum Gasteiger partial charge on any atom is -0.382 e. The number of hydrazine groups is 1. The van der Waals surface area contributed by atoms with E-state index in [9.17, 15) is 10.0 Å². The average Bonchev–Trinajstić information content (AvgIpc) is 2.98. The topological polar surface area (TPSA) is 60.7 Å². The number of hydrogen-bond acceptors (Lipinski definition) is 5. The van der Waals surface area contributed by atoms with Crippen LogP contribution in [0.1, 0.15) is 35.2 Å². The summed E-state index contributed by atoms with van der Waals surface area (Å²) in [6.45, 7) is 3.30. The second-order valence-electron chi connectivity index (χ2n) is 6.61. The Morgan fingerprint density at radius 1 is 1.29 bits per heavy atom. The summed E-state index contributed by atoms with van der Waals surface area (Å²) in [5.41, 5.74) is 3.66. The van der Waals surface area contributed by atoms with Crippen LogP contribution in [0.3, 0.4) is 0 Å². The van der Waals surface area contributed by atoms with Crippen LogP contribution in [0.2, 0.25) is 0 Å². The third kappa shape index (κ3) is 2.26. The van der Waals surface area contributed by atoms with Gasteiger partial charge in [-0.25, -0.2) is 5.01 Å². The first kappa shape index (κ1) is 15.4. The molecule has 2 atom stereocenters. The summed E-state index contributed by atoms with van der Waals surface area (Å²) >= 11 is 0. The Morgan fingerprint density at radius 3 is 2.71 bits per heavy atom. The van der Waals surface area contributed by atoms with Gasteiger partial charge in [-0.2, -0.15) is 0 Å². The highest BCUT2D eigenvalue weighted by molar-refractivity contribution is 5.61. The maximum Gasteiger partial charge on any atom is 0.257 e. The number of benzene rings is 1. The highest BCUT2D eigenvalue weighted by atomic mass is 16.6. The zero-order valence-corrected chi connectivity index (χ0v) is 13.9. The van der Waals surface area contributed by atoms with Crippen LogP contribution in [0, 0.1) is 6.92 Å². The number of hydrogen-bond donors (Lipinski definition) is 2.